The molecule has 0 unspecified atom stereocenters. The Morgan fingerprint density at radius 3 is 2.33 bits per heavy atom. The molecule has 0 aliphatic heterocycles. The molecule has 0 saturated heterocycles. The van der Waals surface area contributed by atoms with Crippen molar-refractivity contribution in [2.24, 2.45) is 0 Å². The molecule has 21 heavy (non-hydrogen) atoms. The van der Waals surface area contributed by atoms with Gasteiger partial charge in [-0.2, -0.15) is 0 Å². The molecule has 0 fully saturated rings. The molecule has 2 rings (SSSR count). The molecular weight excluding hydrogens is 262 g/mol. The highest BCUT2D eigenvalue weighted by Gasteiger charge is 2.18. The van der Waals surface area contributed by atoms with Crippen molar-refractivity contribution in [3.05, 3.63) is 53.5 Å². The first kappa shape index (κ1) is 15.4. The quantitative estimate of drug-likeness (QED) is 0.938. The second-order valence-corrected chi connectivity index (χ2v) is 6.34. The lowest BCUT2D eigenvalue weighted by molar-refractivity contribution is 0.281. The molecule has 0 spiro atoms. The fourth-order valence-electron chi connectivity index (χ4n) is 2.09. The molecule has 2 aromatic rings. The van der Waals surface area contributed by atoms with Crippen LogP contribution >= 0.6 is 0 Å². The molecule has 0 atom stereocenters. The normalized spacial score (nSPS) is 11.5. The number of nitrogens with zero attached hydrogens (tertiary/aromatic N) is 3. The number of rotatable bonds is 4. The first-order valence-corrected chi connectivity index (χ1v) is 7.12. The Hall–Kier alpha value is -1.94. The third-order valence-electron chi connectivity index (χ3n) is 3.38. The van der Waals surface area contributed by atoms with Crippen LogP contribution in [0, 0.1) is 0 Å². The second-order valence-electron chi connectivity index (χ2n) is 6.34. The number of aromatic nitrogens is 2. The van der Waals surface area contributed by atoms with Gasteiger partial charge >= 0.3 is 0 Å². The van der Waals surface area contributed by atoms with Crippen molar-refractivity contribution in [2.75, 3.05) is 11.9 Å². The molecule has 2 heterocycles. The number of aliphatic hydroxyl groups is 1. The zero-order valence-electron chi connectivity index (χ0n) is 13.2. The standard InChI is InChI=1S/C17H23N3O/c1-17(2,3)15-9-14(12-21)10-16(19-15)20(4)11-13-5-7-18-8-6-13/h5-10,21H,11-12H2,1-4H3. The topological polar surface area (TPSA) is 49.2 Å². The molecular formula is C17H23N3O. The fraction of sp³-hybridized carbons (Fsp3) is 0.412. The van der Waals surface area contributed by atoms with Gasteiger partial charge in [-0.15, -0.1) is 0 Å². The van der Waals surface area contributed by atoms with Crippen LogP contribution in [-0.2, 0) is 18.6 Å². The summed E-state index contributed by atoms with van der Waals surface area (Å²) in [5.41, 5.74) is 3.02. The lowest BCUT2D eigenvalue weighted by atomic mass is 9.91. The zero-order chi connectivity index (χ0) is 15.5. The van der Waals surface area contributed by atoms with E-state index < -0.39 is 0 Å². The van der Waals surface area contributed by atoms with Crippen LogP contribution in [0.5, 0.6) is 0 Å². The second kappa shape index (κ2) is 6.22. The average Bonchev–Trinajstić information content (AvgIpc) is 2.46. The van der Waals surface area contributed by atoms with Crippen LogP contribution in [0.4, 0.5) is 5.82 Å². The van der Waals surface area contributed by atoms with Gasteiger partial charge in [-0.25, -0.2) is 4.98 Å². The van der Waals surface area contributed by atoms with Crippen molar-refractivity contribution in [1.29, 1.82) is 0 Å². The molecule has 0 aromatic carbocycles. The molecule has 0 saturated carbocycles. The summed E-state index contributed by atoms with van der Waals surface area (Å²) in [4.78, 5) is 10.9. The van der Waals surface area contributed by atoms with Gasteiger partial charge in [0.25, 0.3) is 0 Å². The van der Waals surface area contributed by atoms with E-state index in [0.29, 0.717) is 0 Å². The highest BCUT2D eigenvalue weighted by atomic mass is 16.3. The third kappa shape index (κ3) is 4.02. The van der Waals surface area contributed by atoms with Crippen LogP contribution < -0.4 is 4.90 Å². The van der Waals surface area contributed by atoms with Gasteiger partial charge in [0.15, 0.2) is 0 Å². The van der Waals surface area contributed by atoms with Gasteiger partial charge in [-0.1, -0.05) is 20.8 Å². The summed E-state index contributed by atoms with van der Waals surface area (Å²) in [6.07, 6.45) is 3.59. The molecule has 2 aromatic heterocycles. The number of pyridine rings is 2. The van der Waals surface area contributed by atoms with Crippen LogP contribution in [0.2, 0.25) is 0 Å². The minimum Gasteiger partial charge on any atom is -0.392 e. The van der Waals surface area contributed by atoms with Gasteiger partial charge < -0.3 is 10.0 Å². The number of hydrogen-bond acceptors (Lipinski definition) is 4. The highest BCUT2D eigenvalue weighted by molar-refractivity contribution is 5.43. The van der Waals surface area contributed by atoms with Crippen molar-refractivity contribution < 1.29 is 5.11 Å². The van der Waals surface area contributed by atoms with Gasteiger partial charge in [0, 0.05) is 37.1 Å². The SMILES string of the molecule is CN(Cc1ccncc1)c1cc(CO)cc(C(C)(C)C)n1. The largest absolute Gasteiger partial charge is 0.392 e. The maximum atomic E-state index is 9.47. The van der Waals surface area contributed by atoms with E-state index in [2.05, 4.69) is 30.7 Å². The molecule has 0 radical (unpaired) electrons. The van der Waals surface area contributed by atoms with Crippen molar-refractivity contribution >= 4 is 5.82 Å². The summed E-state index contributed by atoms with van der Waals surface area (Å²) < 4.78 is 0. The van der Waals surface area contributed by atoms with Crippen LogP contribution in [0.3, 0.4) is 0 Å². The van der Waals surface area contributed by atoms with Gasteiger partial charge in [-0.3, -0.25) is 4.98 Å². The Kier molecular flexibility index (Phi) is 4.58. The maximum absolute atomic E-state index is 9.47. The molecule has 0 bridgehead atoms. The number of hydrogen-bond donors (Lipinski definition) is 1. The van der Waals surface area contributed by atoms with E-state index in [4.69, 9.17) is 4.98 Å². The summed E-state index contributed by atoms with van der Waals surface area (Å²) in [6, 6.07) is 7.91. The van der Waals surface area contributed by atoms with Gasteiger partial charge in [0.05, 0.1) is 6.61 Å². The van der Waals surface area contributed by atoms with Crippen molar-refractivity contribution in [3.63, 3.8) is 0 Å². The molecule has 0 aliphatic carbocycles. The molecule has 0 amide bonds. The predicted octanol–water partition coefficient (Wildman–Crippen LogP) is 2.90. The number of anilines is 1. The van der Waals surface area contributed by atoms with E-state index in [1.807, 2.05) is 31.3 Å². The maximum Gasteiger partial charge on any atom is 0.129 e. The van der Waals surface area contributed by atoms with E-state index in [-0.39, 0.29) is 12.0 Å². The van der Waals surface area contributed by atoms with Crippen molar-refractivity contribution in [1.82, 2.24) is 9.97 Å². The minimum absolute atomic E-state index is 0.0295. The van der Waals surface area contributed by atoms with E-state index >= 15 is 0 Å². The van der Waals surface area contributed by atoms with Crippen LogP contribution in [0.1, 0.15) is 37.6 Å². The highest BCUT2D eigenvalue weighted by Crippen LogP contribution is 2.25. The van der Waals surface area contributed by atoms with Crippen molar-refractivity contribution in [2.45, 2.75) is 39.3 Å². The summed E-state index contributed by atoms with van der Waals surface area (Å²) in [5, 5.41) is 9.47. The van der Waals surface area contributed by atoms with E-state index in [0.717, 1.165) is 23.6 Å². The summed E-state index contributed by atoms with van der Waals surface area (Å²) in [6.45, 7) is 7.17. The van der Waals surface area contributed by atoms with E-state index in [1.54, 1.807) is 12.4 Å². The van der Waals surface area contributed by atoms with Crippen LogP contribution in [0.15, 0.2) is 36.7 Å². The fourth-order valence-corrected chi connectivity index (χ4v) is 2.09. The summed E-state index contributed by atoms with van der Waals surface area (Å²) in [7, 11) is 2.01. The van der Waals surface area contributed by atoms with Gasteiger partial charge in [0.1, 0.15) is 5.82 Å². The predicted molar refractivity (Wildman–Crippen MR) is 85.2 cm³/mol. The number of aliphatic hydroxyl groups excluding tert-OH is 1. The molecule has 112 valence electrons. The Balaban J connectivity index is 2.30. The molecule has 4 nitrogen and oxygen atoms in total. The Morgan fingerprint density at radius 1 is 1.10 bits per heavy atom. The Labute approximate surface area is 126 Å². The first-order valence-electron chi connectivity index (χ1n) is 7.12. The zero-order valence-corrected chi connectivity index (χ0v) is 13.2. The van der Waals surface area contributed by atoms with Crippen LogP contribution in [-0.4, -0.2) is 22.1 Å². The van der Waals surface area contributed by atoms with Gasteiger partial charge in [0.2, 0.25) is 0 Å². The minimum atomic E-state index is -0.0442. The molecule has 0 aliphatic rings. The summed E-state index contributed by atoms with van der Waals surface area (Å²) in [5.74, 6) is 0.878. The first-order chi connectivity index (χ1) is 9.90. The van der Waals surface area contributed by atoms with E-state index in [1.165, 1.54) is 5.56 Å². The van der Waals surface area contributed by atoms with Crippen LogP contribution in [0.25, 0.3) is 0 Å². The lowest BCUT2D eigenvalue weighted by Gasteiger charge is -2.24. The van der Waals surface area contributed by atoms with Crippen molar-refractivity contribution in [3.8, 4) is 0 Å². The Morgan fingerprint density at radius 2 is 1.76 bits per heavy atom. The van der Waals surface area contributed by atoms with E-state index in [9.17, 15) is 5.11 Å². The third-order valence-corrected chi connectivity index (χ3v) is 3.38. The summed E-state index contributed by atoms with van der Waals surface area (Å²) >= 11 is 0. The molecule has 4 heteroatoms. The Bertz CT molecular complexity index is 591. The molecule has 1 N–H and O–H groups in total. The smallest absolute Gasteiger partial charge is 0.129 e. The lowest BCUT2D eigenvalue weighted by Crippen LogP contribution is -2.21. The average molecular weight is 285 g/mol. The van der Waals surface area contributed by atoms with Gasteiger partial charge in [-0.05, 0) is 35.4 Å². The monoisotopic (exact) mass is 285 g/mol.